The molecule has 2 rings (SSSR count). The quantitative estimate of drug-likeness (QED) is 0.782. The summed E-state index contributed by atoms with van der Waals surface area (Å²) in [6, 6.07) is 6.05. The normalized spacial score (nSPS) is 21.7. The minimum Gasteiger partial charge on any atom is -0.373 e. The molecule has 1 atom stereocenters. The van der Waals surface area contributed by atoms with Gasteiger partial charge in [0.2, 0.25) is 0 Å². The summed E-state index contributed by atoms with van der Waals surface area (Å²) < 4.78 is 6.68. The first-order valence-corrected chi connectivity index (χ1v) is 5.86. The average Bonchev–Trinajstić information content (AvgIpc) is 2.22. The molecule has 0 radical (unpaired) electrons. The van der Waals surface area contributed by atoms with Crippen LogP contribution in [0.3, 0.4) is 0 Å². The van der Waals surface area contributed by atoms with Gasteiger partial charge in [-0.2, -0.15) is 0 Å². The van der Waals surface area contributed by atoms with Gasteiger partial charge in [-0.25, -0.2) is 0 Å². The smallest absolute Gasteiger partial charge is 0.138 e. The lowest BCUT2D eigenvalue weighted by atomic mass is 9.99. The van der Waals surface area contributed by atoms with Crippen LogP contribution in [0.1, 0.15) is 30.1 Å². The van der Waals surface area contributed by atoms with Crippen molar-refractivity contribution < 1.29 is 9.53 Å². The molecule has 1 saturated heterocycles. The summed E-state index contributed by atoms with van der Waals surface area (Å²) in [6.45, 7) is 2.59. The fourth-order valence-electron chi connectivity index (χ4n) is 1.80. The number of benzene rings is 1. The molecule has 1 aliphatic heterocycles. The van der Waals surface area contributed by atoms with Crippen molar-refractivity contribution >= 4 is 21.7 Å². The van der Waals surface area contributed by atoms with E-state index in [2.05, 4.69) is 15.9 Å². The largest absolute Gasteiger partial charge is 0.373 e. The van der Waals surface area contributed by atoms with Gasteiger partial charge < -0.3 is 4.74 Å². The Morgan fingerprint density at radius 1 is 1.47 bits per heavy atom. The Morgan fingerprint density at radius 3 is 3.00 bits per heavy atom. The number of ether oxygens (including phenoxy) is 1. The van der Waals surface area contributed by atoms with Gasteiger partial charge in [-0.05, 0) is 18.1 Å². The Hall–Kier alpha value is -0.670. The van der Waals surface area contributed by atoms with Crippen LogP contribution < -0.4 is 0 Å². The average molecular weight is 269 g/mol. The molecule has 1 unspecified atom stereocenters. The molecule has 0 spiro atoms. The van der Waals surface area contributed by atoms with Crippen LogP contribution in [0.5, 0.6) is 0 Å². The number of carbonyl (C=O) groups excluding carboxylic acids is 1. The van der Waals surface area contributed by atoms with Gasteiger partial charge in [0, 0.05) is 17.3 Å². The van der Waals surface area contributed by atoms with Gasteiger partial charge >= 0.3 is 0 Å². The summed E-state index contributed by atoms with van der Waals surface area (Å²) in [5.74, 6) is 0.291. The lowest BCUT2D eigenvalue weighted by molar-refractivity contribution is -0.128. The first kappa shape index (κ1) is 10.8. The van der Waals surface area contributed by atoms with Gasteiger partial charge in [-0.3, -0.25) is 4.79 Å². The van der Waals surface area contributed by atoms with E-state index < -0.39 is 0 Å². The Labute approximate surface area is 97.8 Å². The molecule has 80 valence electrons. The number of halogens is 1. The molecule has 1 aromatic rings. The van der Waals surface area contributed by atoms with E-state index in [0.717, 1.165) is 10.0 Å². The van der Waals surface area contributed by atoms with Crippen LogP contribution in [0, 0.1) is 6.92 Å². The maximum atomic E-state index is 11.3. The standard InChI is InChI=1S/C12H13BrO2/c1-8-3-2-4-10(12(8)13)11-7-9(14)5-6-15-11/h2-4,11H,5-7H2,1H3. The van der Waals surface area contributed by atoms with Crippen molar-refractivity contribution in [3.05, 3.63) is 33.8 Å². The fourth-order valence-corrected chi connectivity index (χ4v) is 2.32. The number of hydrogen-bond donors (Lipinski definition) is 0. The summed E-state index contributed by atoms with van der Waals surface area (Å²) in [5, 5.41) is 0. The highest BCUT2D eigenvalue weighted by molar-refractivity contribution is 9.10. The molecule has 3 heteroatoms. The van der Waals surface area contributed by atoms with Crippen molar-refractivity contribution in [2.45, 2.75) is 25.9 Å². The number of ketones is 1. The van der Waals surface area contributed by atoms with Crippen molar-refractivity contribution in [1.29, 1.82) is 0 Å². The van der Waals surface area contributed by atoms with E-state index in [1.54, 1.807) is 0 Å². The van der Waals surface area contributed by atoms with Gasteiger partial charge in [0.15, 0.2) is 0 Å². The third-order valence-electron chi connectivity index (χ3n) is 2.68. The van der Waals surface area contributed by atoms with E-state index >= 15 is 0 Å². The highest BCUT2D eigenvalue weighted by Gasteiger charge is 2.23. The van der Waals surface area contributed by atoms with E-state index in [0.29, 0.717) is 25.2 Å². The lowest BCUT2D eigenvalue weighted by Gasteiger charge is -2.23. The zero-order valence-electron chi connectivity index (χ0n) is 8.63. The number of hydrogen-bond acceptors (Lipinski definition) is 2. The zero-order valence-corrected chi connectivity index (χ0v) is 10.2. The Morgan fingerprint density at radius 2 is 2.27 bits per heavy atom. The summed E-state index contributed by atoms with van der Waals surface area (Å²) in [5.41, 5.74) is 2.26. The monoisotopic (exact) mass is 268 g/mol. The molecule has 1 aromatic carbocycles. The van der Waals surface area contributed by atoms with Crippen LogP contribution in [-0.2, 0) is 9.53 Å². The highest BCUT2D eigenvalue weighted by Crippen LogP contribution is 2.33. The van der Waals surface area contributed by atoms with E-state index in [4.69, 9.17) is 4.74 Å². The second-order valence-electron chi connectivity index (χ2n) is 3.83. The van der Waals surface area contributed by atoms with Crippen LogP contribution in [-0.4, -0.2) is 12.4 Å². The second kappa shape index (κ2) is 4.45. The van der Waals surface area contributed by atoms with Gasteiger partial charge in [-0.1, -0.05) is 34.1 Å². The summed E-state index contributed by atoms with van der Waals surface area (Å²) in [6.07, 6.45) is 0.989. The highest BCUT2D eigenvalue weighted by atomic mass is 79.9. The first-order chi connectivity index (χ1) is 7.18. The van der Waals surface area contributed by atoms with E-state index in [1.807, 2.05) is 25.1 Å². The van der Waals surface area contributed by atoms with Crippen molar-refractivity contribution in [3.8, 4) is 0 Å². The molecule has 0 aliphatic carbocycles. The molecular formula is C12H13BrO2. The molecule has 1 fully saturated rings. The van der Waals surface area contributed by atoms with Gasteiger partial charge in [0.1, 0.15) is 5.78 Å². The molecule has 1 heterocycles. The Bertz CT molecular complexity index is 387. The predicted molar refractivity (Wildman–Crippen MR) is 61.8 cm³/mol. The SMILES string of the molecule is Cc1cccc(C2CC(=O)CCO2)c1Br. The maximum absolute atomic E-state index is 11.3. The molecule has 0 aromatic heterocycles. The van der Waals surface area contributed by atoms with E-state index in [-0.39, 0.29) is 6.10 Å². The van der Waals surface area contributed by atoms with Crippen molar-refractivity contribution in [2.24, 2.45) is 0 Å². The first-order valence-electron chi connectivity index (χ1n) is 5.07. The molecule has 0 saturated carbocycles. The maximum Gasteiger partial charge on any atom is 0.138 e. The van der Waals surface area contributed by atoms with Crippen LogP contribution in [0.4, 0.5) is 0 Å². The van der Waals surface area contributed by atoms with Crippen molar-refractivity contribution in [2.75, 3.05) is 6.61 Å². The van der Waals surface area contributed by atoms with Gasteiger partial charge in [0.25, 0.3) is 0 Å². The molecule has 1 aliphatic rings. The van der Waals surface area contributed by atoms with Crippen LogP contribution >= 0.6 is 15.9 Å². The van der Waals surface area contributed by atoms with E-state index in [1.165, 1.54) is 5.56 Å². The second-order valence-corrected chi connectivity index (χ2v) is 4.62. The Kier molecular flexibility index (Phi) is 3.22. The molecular weight excluding hydrogens is 256 g/mol. The van der Waals surface area contributed by atoms with Crippen molar-refractivity contribution in [3.63, 3.8) is 0 Å². The van der Waals surface area contributed by atoms with Crippen LogP contribution in [0.25, 0.3) is 0 Å². The fraction of sp³-hybridized carbons (Fsp3) is 0.417. The molecule has 0 amide bonds. The molecule has 15 heavy (non-hydrogen) atoms. The predicted octanol–water partition coefficient (Wildman–Crippen LogP) is 3.18. The van der Waals surface area contributed by atoms with E-state index in [9.17, 15) is 4.79 Å². The number of rotatable bonds is 1. The third-order valence-corrected chi connectivity index (χ3v) is 3.76. The van der Waals surface area contributed by atoms with Crippen LogP contribution in [0.2, 0.25) is 0 Å². The number of aryl methyl sites for hydroxylation is 1. The minimum absolute atomic E-state index is 0.0690. The molecule has 0 bridgehead atoms. The molecule has 2 nitrogen and oxygen atoms in total. The zero-order chi connectivity index (χ0) is 10.8. The van der Waals surface area contributed by atoms with Gasteiger partial charge in [-0.15, -0.1) is 0 Å². The van der Waals surface area contributed by atoms with Gasteiger partial charge in [0.05, 0.1) is 12.7 Å². The minimum atomic E-state index is -0.0690. The Balaban J connectivity index is 2.28. The summed E-state index contributed by atoms with van der Waals surface area (Å²) in [4.78, 5) is 11.3. The number of carbonyl (C=O) groups is 1. The van der Waals surface area contributed by atoms with Crippen molar-refractivity contribution in [1.82, 2.24) is 0 Å². The topological polar surface area (TPSA) is 26.3 Å². The number of Topliss-reactive ketones (excluding diaryl/α,β-unsaturated/α-hetero) is 1. The summed E-state index contributed by atoms with van der Waals surface area (Å²) >= 11 is 3.54. The van der Waals surface area contributed by atoms with Crippen LogP contribution in [0.15, 0.2) is 22.7 Å². The lowest BCUT2D eigenvalue weighted by Crippen LogP contribution is -2.19. The summed E-state index contributed by atoms with van der Waals surface area (Å²) in [7, 11) is 0. The molecule has 0 N–H and O–H groups in total. The third kappa shape index (κ3) is 2.29.